The number of terminal acetylenes is 1. The number of nitrogens with one attached hydrogen (secondary N) is 1. The summed E-state index contributed by atoms with van der Waals surface area (Å²) in [6, 6.07) is 0. The Balaban J connectivity index is 3.47. The third-order valence-corrected chi connectivity index (χ3v) is 2.09. The molecule has 1 atom stereocenters. The van der Waals surface area contributed by atoms with Crippen molar-refractivity contribution in [1.29, 1.82) is 0 Å². The standard InChI is InChI=1S/C11H20N2O/c1-3-4-5-9-13-11(14)10(2)7-6-8-12/h1,10H,4-9,12H2,2H3,(H,13,14). The van der Waals surface area contributed by atoms with E-state index in [9.17, 15) is 4.79 Å². The van der Waals surface area contributed by atoms with E-state index in [-0.39, 0.29) is 11.8 Å². The molecule has 0 rings (SSSR count). The van der Waals surface area contributed by atoms with Gasteiger partial charge in [-0.25, -0.2) is 0 Å². The van der Waals surface area contributed by atoms with Crippen LogP contribution in [0.2, 0.25) is 0 Å². The van der Waals surface area contributed by atoms with Crippen molar-refractivity contribution >= 4 is 5.91 Å². The zero-order chi connectivity index (χ0) is 10.8. The van der Waals surface area contributed by atoms with Crippen molar-refractivity contribution in [2.45, 2.75) is 32.6 Å². The first-order chi connectivity index (χ1) is 6.72. The molecule has 0 fully saturated rings. The molecule has 0 radical (unpaired) electrons. The topological polar surface area (TPSA) is 55.1 Å². The number of carbonyl (C=O) groups excluding carboxylic acids is 1. The summed E-state index contributed by atoms with van der Waals surface area (Å²) in [7, 11) is 0. The van der Waals surface area contributed by atoms with Crippen LogP contribution < -0.4 is 11.1 Å². The van der Waals surface area contributed by atoms with Gasteiger partial charge in [0.2, 0.25) is 5.91 Å². The fourth-order valence-corrected chi connectivity index (χ4v) is 1.13. The molecule has 0 aliphatic heterocycles. The second kappa shape index (κ2) is 8.58. The lowest BCUT2D eigenvalue weighted by Crippen LogP contribution is -2.30. The fourth-order valence-electron chi connectivity index (χ4n) is 1.13. The number of nitrogens with two attached hydrogens (primary N) is 1. The second-order valence-electron chi connectivity index (χ2n) is 3.43. The molecule has 0 saturated heterocycles. The number of unbranched alkanes of at least 4 members (excludes halogenated alkanes) is 1. The maximum Gasteiger partial charge on any atom is 0.222 e. The van der Waals surface area contributed by atoms with E-state index in [1.807, 2.05) is 6.92 Å². The number of hydrogen-bond donors (Lipinski definition) is 2. The summed E-state index contributed by atoms with van der Waals surface area (Å²) in [4.78, 5) is 11.4. The van der Waals surface area contributed by atoms with Gasteiger partial charge in [0.15, 0.2) is 0 Å². The van der Waals surface area contributed by atoms with E-state index in [4.69, 9.17) is 12.2 Å². The van der Waals surface area contributed by atoms with Crippen LogP contribution in [0.3, 0.4) is 0 Å². The van der Waals surface area contributed by atoms with E-state index < -0.39 is 0 Å². The van der Waals surface area contributed by atoms with E-state index in [1.165, 1.54) is 0 Å². The number of carbonyl (C=O) groups is 1. The summed E-state index contributed by atoms with van der Waals surface area (Å²) in [6.45, 7) is 3.25. The minimum atomic E-state index is 0.0596. The third kappa shape index (κ3) is 6.50. The molecule has 0 bridgehead atoms. The molecule has 0 aromatic rings. The first kappa shape index (κ1) is 13.0. The Kier molecular flexibility index (Phi) is 7.96. The van der Waals surface area contributed by atoms with Crippen LogP contribution in [0.15, 0.2) is 0 Å². The first-order valence-corrected chi connectivity index (χ1v) is 5.13. The maximum absolute atomic E-state index is 11.4. The Morgan fingerprint density at radius 2 is 2.29 bits per heavy atom. The molecule has 80 valence electrons. The van der Waals surface area contributed by atoms with Crippen molar-refractivity contribution in [3.63, 3.8) is 0 Å². The number of amides is 1. The van der Waals surface area contributed by atoms with Crippen molar-refractivity contribution in [3.05, 3.63) is 0 Å². The molecular weight excluding hydrogens is 176 g/mol. The van der Waals surface area contributed by atoms with Crippen molar-refractivity contribution < 1.29 is 4.79 Å². The largest absolute Gasteiger partial charge is 0.356 e. The molecule has 3 N–H and O–H groups in total. The van der Waals surface area contributed by atoms with E-state index in [0.717, 1.165) is 25.7 Å². The van der Waals surface area contributed by atoms with E-state index in [0.29, 0.717) is 13.1 Å². The van der Waals surface area contributed by atoms with Gasteiger partial charge >= 0.3 is 0 Å². The molecule has 14 heavy (non-hydrogen) atoms. The summed E-state index contributed by atoms with van der Waals surface area (Å²) in [5, 5.41) is 2.85. The van der Waals surface area contributed by atoms with E-state index in [2.05, 4.69) is 11.2 Å². The molecular formula is C11H20N2O. The lowest BCUT2D eigenvalue weighted by Gasteiger charge is -2.10. The molecule has 0 heterocycles. The first-order valence-electron chi connectivity index (χ1n) is 5.13. The van der Waals surface area contributed by atoms with Gasteiger partial charge in [0, 0.05) is 18.9 Å². The highest BCUT2D eigenvalue weighted by molar-refractivity contribution is 5.78. The monoisotopic (exact) mass is 196 g/mol. The Bertz CT molecular complexity index is 196. The predicted molar refractivity (Wildman–Crippen MR) is 58.5 cm³/mol. The summed E-state index contributed by atoms with van der Waals surface area (Å²) < 4.78 is 0. The van der Waals surface area contributed by atoms with Gasteiger partial charge in [0.05, 0.1) is 0 Å². The van der Waals surface area contributed by atoms with Crippen LogP contribution in [0.1, 0.15) is 32.6 Å². The third-order valence-electron chi connectivity index (χ3n) is 2.09. The molecule has 1 unspecified atom stereocenters. The minimum Gasteiger partial charge on any atom is -0.356 e. The number of hydrogen-bond acceptors (Lipinski definition) is 2. The highest BCUT2D eigenvalue weighted by Crippen LogP contribution is 2.04. The molecule has 0 aromatic carbocycles. The van der Waals surface area contributed by atoms with Crippen LogP contribution in [-0.4, -0.2) is 19.0 Å². The van der Waals surface area contributed by atoms with Gasteiger partial charge in [0.25, 0.3) is 0 Å². The van der Waals surface area contributed by atoms with Crippen LogP contribution in [0.5, 0.6) is 0 Å². The van der Waals surface area contributed by atoms with Crippen molar-refractivity contribution in [3.8, 4) is 12.3 Å². The molecule has 0 aliphatic carbocycles. The van der Waals surface area contributed by atoms with Gasteiger partial charge in [-0.2, -0.15) is 0 Å². The summed E-state index contributed by atoms with van der Waals surface area (Å²) >= 11 is 0. The Morgan fingerprint density at radius 3 is 2.86 bits per heavy atom. The normalized spacial score (nSPS) is 11.8. The zero-order valence-corrected chi connectivity index (χ0v) is 8.88. The smallest absolute Gasteiger partial charge is 0.222 e. The predicted octanol–water partition coefficient (Wildman–Crippen LogP) is 0.891. The molecule has 3 nitrogen and oxygen atoms in total. The Hall–Kier alpha value is -1.01. The van der Waals surface area contributed by atoms with Crippen molar-refractivity contribution in [2.24, 2.45) is 11.7 Å². The Labute approximate surface area is 86.4 Å². The summed E-state index contributed by atoms with van der Waals surface area (Å²) in [5.74, 6) is 2.70. The highest BCUT2D eigenvalue weighted by atomic mass is 16.1. The second-order valence-corrected chi connectivity index (χ2v) is 3.43. The van der Waals surface area contributed by atoms with E-state index in [1.54, 1.807) is 0 Å². The fraction of sp³-hybridized carbons (Fsp3) is 0.727. The zero-order valence-electron chi connectivity index (χ0n) is 8.88. The van der Waals surface area contributed by atoms with Crippen LogP contribution in [0.25, 0.3) is 0 Å². The van der Waals surface area contributed by atoms with Gasteiger partial charge < -0.3 is 11.1 Å². The van der Waals surface area contributed by atoms with Gasteiger partial charge in [-0.05, 0) is 25.8 Å². The van der Waals surface area contributed by atoms with Crippen LogP contribution in [-0.2, 0) is 4.79 Å². The lowest BCUT2D eigenvalue weighted by atomic mass is 10.1. The van der Waals surface area contributed by atoms with Gasteiger partial charge in [-0.1, -0.05) is 6.92 Å². The average molecular weight is 196 g/mol. The van der Waals surface area contributed by atoms with Gasteiger partial charge in [-0.3, -0.25) is 4.79 Å². The van der Waals surface area contributed by atoms with Gasteiger partial charge in [-0.15, -0.1) is 12.3 Å². The quantitative estimate of drug-likeness (QED) is 0.469. The Morgan fingerprint density at radius 1 is 1.57 bits per heavy atom. The summed E-state index contributed by atoms with van der Waals surface area (Å²) in [5.41, 5.74) is 5.36. The van der Waals surface area contributed by atoms with Crippen molar-refractivity contribution in [1.82, 2.24) is 5.32 Å². The summed E-state index contributed by atoms with van der Waals surface area (Å²) in [6.07, 6.45) is 8.43. The van der Waals surface area contributed by atoms with E-state index >= 15 is 0 Å². The van der Waals surface area contributed by atoms with Crippen LogP contribution in [0, 0.1) is 18.3 Å². The lowest BCUT2D eigenvalue weighted by molar-refractivity contribution is -0.124. The average Bonchev–Trinajstić information content (AvgIpc) is 2.20. The molecule has 0 aromatic heterocycles. The van der Waals surface area contributed by atoms with Gasteiger partial charge in [0.1, 0.15) is 0 Å². The van der Waals surface area contributed by atoms with Crippen LogP contribution in [0.4, 0.5) is 0 Å². The van der Waals surface area contributed by atoms with Crippen LogP contribution >= 0.6 is 0 Å². The molecule has 0 spiro atoms. The van der Waals surface area contributed by atoms with Crippen molar-refractivity contribution in [2.75, 3.05) is 13.1 Å². The minimum absolute atomic E-state index is 0.0596. The molecule has 0 saturated carbocycles. The molecule has 0 aliphatic rings. The SMILES string of the molecule is C#CCCCNC(=O)C(C)CCCN. The molecule has 3 heteroatoms. The highest BCUT2D eigenvalue weighted by Gasteiger charge is 2.10. The molecule has 1 amide bonds. The maximum atomic E-state index is 11.4. The number of rotatable bonds is 7.